The molecule has 14 heavy (non-hydrogen) atoms. The van der Waals surface area contributed by atoms with Gasteiger partial charge in [-0.25, -0.2) is 0 Å². The third kappa shape index (κ3) is 1.98. The summed E-state index contributed by atoms with van der Waals surface area (Å²) in [5.41, 5.74) is 0. The van der Waals surface area contributed by atoms with Gasteiger partial charge in [-0.1, -0.05) is 6.82 Å². The van der Waals surface area contributed by atoms with E-state index in [2.05, 4.69) is 29.2 Å². The SMILES string of the molecule is C[B]N1CCCC(c2nnc(C)o2)C1. The predicted molar refractivity (Wildman–Crippen MR) is 54.2 cm³/mol. The van der Waals surface area contributed by atoms with E-state index in [-0.39, 0.29) is 0 Å². The quantitative estimate of drug-likeness (QED) is 0.660. The van der Waals surface area contributed by atoms with Crippen LogP contribution >= 0.6 is 0 Å². The minimum absolute atomic E-state index is 0.418. The van der Waals surface area contributed by atoms with Gasteiger partial charge in [-0.15, -0.1) is 10.2 Å². The fourth-order valence-corrected chi connectivity index (χ4v) is 1.92. The molecule has 1 saturated heterocycles. The van der Waals surface area contributed by atoms with E-state index in [0.29, 0.717) is 11.8 Å². The molecule has 2 heterocycles. The van der Waals surface area contributed by atoms with Crippen molar-refractivity contribution in [3.05, 3.63) is 11.8 Å². The Morgan fingerprint density at radius 3 is 3.00 bits per heavy atom. The molecule has 0 spiro atoms. The summed E-state index contributed by atoms with van der Waals surface area (Å²) in [5.74, 6) is 1.88. The molecule has 1 aromatic heterocycles. The Kier molecular flexibility index (Phi) is 2.86. The zero-order valence-electron chi connectivity index (χ0n) is 8.73. The maximum absolute atomic E-state index is 5.45. The Bertz CT molecular complexity index is 302. The second kappa shape index (κ2) is 4.13. The minimum atomic E-state index is 0.418. The summed E-state index contributed by atoms with van der Waals surface area (Å²) in [7, 11) is 2.13. The molecule has 1 aliphatic rings. The highest BCUT2D eigenvalue weighted by molar-refractivity contribution is 6.29. The van der Waals surface area contributed by atoms with Gasteiger partial charge in [0.25, 0.3) is 0 Å². The van der Waals surface area contributed by atoms with Crippen LogP contribution in [0.25, 0.3) is 0 Å². The molecule has 5 heteroatoms. The van der Waals surface area contributed by atoms with Gasteiger partial charge in [0.1, 0.15) is 0 Å². The van der Waals surface area contributed by atoms with Crippen LogP contribution in [0.15, 0.2) is 4.42 Å². The van der Waals surface area contributed by atoms with Gasteiger partial charge in [-0.2, -0.15) is 0 Å². The van der Waals surface area contributed by atoms with Gasteiger partial charge < -0.3 is 9.23 Å². The van der Waals surface area contributed by atoms with E-state index in [1.165, 1.54) is 6.42 Å². The van der Waals surface area contributed by atoms with E-state index in [1.54, 1.807) is 0 Å². The molecule has 1 aromatic rings. The molecule has 1 atom stereocenters. The van der Waals surface area contributed by atoms with Crippen molar-refractivity contribution >= 4 is 7.41 Å². The summed E-state index contributed by atoms with van der Waals surface area (Å²) in [6, 6.07) is 0. The fraction of sp³-hybridized carbons (Fsp3) is 0.778. The summed E-state index contributed by atoms with van der Waals surface area (Å²) in [5, 5.41) is 7.95. The second-order valence-electron chi connectivity index (χ2n) is 3.75. The van der Waals surface area contributed by atoms with Gasteiger partial charge in [-0.3, -0.25) is 0 Å². The van der Waals surface area contributed by atoms with Gasteiger partial charge in [0.15, 0.2) is 0 Å². The summed E-state index contributed by atoms with van der Waals surface area (Å²) in [6.45, 7) is 6.07. The minimum Gasteiger partial charge on any atom is -0.425 e. The molecule has 0 bridgehead atoms. The molecule has 0 amide bonds. The molecular formula is C9H15BN3O. The van der Waals surface area contributed by atoms with Crippen LogP contribution < -0.4 is 0 Å². The highest BCUT2D eigenvalue weighted by Crippen LogP contribution is 2.25. The lowest BCUT2D eigenvalue weighted by molar-refractivity contribution is 0.288. The standard InChI is InChI=1S/C9H15BN3O/c1-7-11-12-9(14-7)8-4-3-5-13(6-8)10-2/h8H,3-6H2,1-2H3. The third-order valence-electron chi connectivity index (χ3n) is 2.71. The molecular weight excluding hydrogens is 177 g/mol. The van der Waals surface area contributed by atoms with E-state index in [9.17, 15) is 0 Å². The summed E-state index contributed by atoms with van der Waals surface area (Å²) in [4.78, 5) is 2.31. The lowest BCUT2D eigenvalue weighted by atomic mass is 9.88. The summed E-state index contributed by atoms with van der Waals surface area (Å²) in [6.07, 6.45) is 2.36. The maximum atomic E-state index is 5.45. The number of nitrogens with zero attached hydrogens (tertiary/aromatic N) is 3. The average Bonchev–Trinajstić information content (AvgIpc) is 2.65. The molecule has 0 aromatic carbocycles. The first-order chi connectivity index (χ1) is 6.79. The zero-order valence-corrected chi connectivity index (χ0v) is 8.73. The Morgan fingerprint density at radius 1 is 1.50 bits per heavy atom. The summed E-state index contributed by atoms with van der Waals surface area (Å²) >= 11 is 0. The topological polar surface area (TPSA) is 42.2 Å². The Morgan fingerprint density at radius 2 is 2.36 bits per heavy atom. The van der Waals surface area contributed by atoms with Crippen molar-refractivity contribution in [3.8, 4) is 0 Å². The van der Waals surface area contributed by atoms with Gasteiger partial charge in [-0.05, 0) is 25.9 Å². The number of hydrogen-bond acceptors (Lipinski definition) is 4. The van der Waals surface area contributed by atoms with Crippen molar-refractivity contribution in [2.45, 2.75) is 32.5 Å². The zero-order chi connectivity index (χ0) is 9.97. The highest BCUT2D eigenvalue weighted by Gasteiger charge is 2.24. The van der Waals surface area contributed by atoms with Crippen LogP contribution in [0.3, 0.4) is 0 Å². The van der Waals surface area contributed by atoms with Gasteiger partial charge in [0.2, 0.25) is 19.2 Å². The van der Waals surface area contributed by atoms with Crippen molar-refractivity contribution in [2.75, 3.05) is 13.1 Å². The lowest BCUT2D eigenvalue weighted by Crippen LogP contribution is -2.35. The van der Waals surface area contributed by atoms with E-state index in [1.807, 2.05) is 6.92 Å². The van der Waals surface area contributed by atoms with Crippen LogP contribution in [-0.2, 0) is 0 Å². The van der Waals surface area contributed by atoms with Crippen LogP contribution in [0.4, 0.5) is 0 Å². The summed E-state index contributed by atoms with van der Waals surface area (Å²) < 4.78 is 5.45. The normalized spacial score (nSPS) is 23.7. The smallest absolute Gasteiger partial charge is 0.220 e. The average molecular weight is 192 g/mol. The predicted octanol–water partition coefficient (Wildman–Crippen LogP) is 1.22. The monoisotopic (exact) mass is 192 g/mol. The van der Waals surface area contributed by atoms with Crippen molar-refractivity contribution in [1.29, 1.82) is 0 Å². The molecule has 0 aliphatic carbocycles. The molecule has 0 N–H and O–H groups in total. The number of aromatic nitrogens is 2. The Hall–Kier alpha value is -0.835. The van der Waals surface area contributed by atoms with E-state index in [0.717, 1.165) is 25.4 Å². The van der Waals surface area contributed by atoms with Crippen molar-refractivity contribution < 1.29 is 4.42 Å². The van der Waals surface area contributed by atoms with Gasteiger partial charge in [0, 0.05) is 12.8 Å². The van der Waals surface area contributed by atoms with Crippen molar-refractivity contribution in [2.24, 2.45) is 0 Å². The van der Waals surface area contributed by atoms with E-state index < -0.39 is 0 Å². The Labute approximate surface area is 85.0 Å². The molecule has 75 valence electrons. The molecule has 0 saturated carbocycles. The molecule has 1 fully saturated rings. The van der Waals surface area contributed by atoms with Crippen molar-refractivity contribution in [1.82, 2.24) is 15.0 Å². The molecule has 4 nitrogen and oxygen atoms in total. The largest absolute Gasteiger partial charge is 0.425 e. The molecule has 2 rings (SSSR count). The highest BCUT2D eigenvalue weighted by atomic mass is 16.4. The van der Waals surface area contributed by atoms with E-state index >= 15 is 0 Å². The van der Waals surface area contributed by atoms with E-state index in [4.69, 9.17) is 4.42 Å². The van der Waals surface area contributed by atoms with Crippen LogP contribution in [0.1, 0.15) is 30.5 Å². The van der Waals surface area contributed by atoms with Crippen LogP contribution in [0.2, 0.25) is 6.82 Å². The third-order valence-corrected chi connectivity index (χ3v) is 2.71. The molecule has 1 radical (unpaired) electrons. The molecule has 1 unspecified atom stereocenters. The van der Waals surface area contributed by atoms with Gasteiger partial charge >= 0.3 is 0 Å². The Balaban J connectivity index is 2.04. The lowest BCUT2D eigenvalue weighted by Gasteiger charge is -2.29. The number of aryl methyl sites for hydroxylation is 1. The van der Waals surface area contributed by atoms with Crippen molar-refractivity contribution in [3.63, 3.8) is 0 Å². The first-order valence-corrected chi connectivity index (χ1v) is 5.13. The number of rotatable bonds is 2. The maximum Gasteiger partial charge on any atom is 0.220 e. The second-order valence-corrected chi connectivity index (χ2v) is 3.75. The van der Waals surface area contributed by atoms with Crippen LogP contribution in [-0.4, -0.2) is 35.5 Å². The number of piperidine rings is 1. The fourth-order valence-electron chi connectivity index (χ4n) is 1.92. The first kappa shape index (κ1) is 9.71. The van der Waals surface area contributed by atoms with Crippen LogP contribution in [0.5, 0.6) is 0 Å². The van der Waals surface area contributed by atoms with Crippen LogP contribution in [0, 0.1) is 6.92 Å². The molecule has 1 aliphatic heterocycles. The first-order valence-electron chi connectivity index (χ1n) is 5.13. The number of hydrogen-bond donors (Lipinski definition) is 0. The van der Waals surface area contributed by atoms with Gasteiger partial charge in [0.05, 0.1) is 0 Å².